The number of nitrogens with zero attached hydrogens (tertiary/aromatic N) is 1. The third-order valence-electron chi connectivity index (χ3n) is 1.65. The predicted octanol–water partition coefficient (Wildman–Crippen LogP) is 2.83. The summed E-state index contributed by atoms with van der Waals surface area (Å²) in [5.74, 6) is 0. The monoisotopic (exact) mass is 271 g/mol. The molecule has 0 aromatic carbocycles. The molecule has 0 amide bonds. The van der Waals surface area contributed by atoms with Crippen molar-refractivity contribution in [1.29, 1.82) is 0 Å². The second kappa shape index (κ2) is 5.56. The summed E-state index contributed by atoms with van der Waals surface area (Å²) in [4.78, 5) is 2.26. The molecular formula is C7H15Br2N. The van der Waals surface area contributed by atoms with Gasteiger partial charge in [0.25, 0.3) is 0 Å². The Balaban J connectivity index is 3.60. The van der Waals surface area contributed by atoms with Crippen LogP contribution in [-0.2, 0) is 0 Å². The number of halogens is 2. The van der Waals surface area contributed by atoms with Gasteiger partial charge in [0.2, 0.25) is 0 Å². The predicted molar refractivity (Wildman–Crippen MR) is 54.0 cm³/mol. The van der Waals surface area contributed by atoms with Crippen LogP contribution >= 0.6 is 31.9 Å². The van der Waals surface area contributed by atoms with Gasteiger partial charge in [-0.05, 0) is 26.9 Å². The molecule has 1 nitrogen and oxygen atoms in total. The highest BCUT2D eigenvalue weighted by Crippen LogP contribution is 2.18. The third-order valence-corrected chi connectivity index (χ3v) is 2.40. The first-order valence-electron chi connectivity index (χ1n) is 3.52. The summed E-state index contributed by atoms with van der Waals surface area (Å²) in [6.45, 7) is 2.22. The van der Waals surface area contributed by atoms with Crippen molar-refractivity contribution in [3.63, 3.8) is 0 Å². The van der Waals surface area contributed by atoms with Crippen molar-refractivity contribution in [3.05, 3.63) is 0 Å². The van der Waals surface area contributed by atoms with Gasteiger partial charge in [0.1, 0.15) is 0 Å². The highest BCUT2D eigenvalue weighted by atomic mass is 79.9. The van der Waals surface area contributed by atoms with E-state index in [1.165, 1.54) is 6.42 Å². The van der Waals surface area contributed by atoms with Crippen LogP contribution in [0, 0.1) is 0 Å². The summed E-state index contributed by atoms with van der Waals surface area (Å²) < 4.78 is 0.451. The van der Waals surface area contributed by atoms with Gasteiger partial charge in [0, 0.05) is 6.04 Å². The Morgan fingerprint density at radius 3 is 1.90 bits per heavy atom. The Bertz CT molecular complexity index is 83.7. The van der Waals surface area contributed by atoms with Crippen LogP contribution in [0.2, 0.25) is 0 Å². The molecule has 3 heteroatoms. The van der Waals surface area contributed by atoms with Crippen LogP contribution in [0.3, 0.4) is 0 Å². The molecule has 62 valence electrons. The van der Waals surface area contributed by atoms with E-state index in [1.807, 2.05) is 0 Å². The Morgan fingerprint density at radius 2 is 1.80 bits per heavy atom. The van der Waals surface area contributed by atoms with Crippen molar-refractivity contribution in [2.24, 2.45) is 0 Å². The zero-order valence-electron chi connectivity index (χ0n) is 6.77. The molecule has 0 bridgehead atoms. The number of hydrogen-bond donors (Lipinski definition) is 0. The van der Waals surface area contributed by atoms with Crippen molar-refractivity contribution in [2.75, 3.05) is 14.1 Å². The van der Waals surface area contributed by atoms with Crippen LogP contribution in [0.15, 0.2) is 0 Å². The summed E-state index contributed by atoms with van der Waals surface area (Å²) >= 11 is 6.95. The van der Waals surface area contributed by atoms with E-state index in [4.69, 9.17) is 0 Å². The maximum absolute atomic E-state index is 3.47. The summed E-state index contributed by atoms with van der Waals surface area (Å²) in [7, 11) is 4.24. The van der Waals surface area contributed by atoms with Crippen molar-refractivity contribution in [3.8, 4) is 0 Å². The molecule has 0 aliphatic carbocycles. The maximum Gasteiger partial charge on any atom is 0.0712 e. The summed E-state index contributed by atoms with van der Waals surface area (Å²) in [6, 6.07) is 0.684. The van der Waals surface area contributed by atoms with E-state index in [1.54, 1.807) is 0 Å². The van der Waals surface area contributed by atoms with Gasteiger partial charge in [0.15, 0.2) is 0 Å². The molecule has 0 rings (SSSR count). The minimum Gasteiger partial charge on any atom is -0.306 e. The normalized spacial score (nSPS) is 14.7. The number of alkyl halides is 2. The van der Waals surface area contributed by atoms with Crippen LogP contribution in [0.4, 0.5) is 0 Å². The smallest absolute Gasteiger partial charge is 0.0712 e. The summed E-state index contributed by atoms with van der Waals surface area (Å²) in [5.41, 5.74) is 0. The lowest BCUT2D eigenvalue weighted by Crippen LogP contribution is -2.28. The highest BCUT2D eigenvalue weighted by molar-refractivity contribution is 9.24. The average molecular weight is 273 g/mol. The lowest BCUT2D eigenvalue weighted by atomic mass is 10.1. The van der Waals surface area contributed by atoms with Gasteiger partial charge in [-0.2, -0.15) is 0 Å². The first kappa shape index (κ1) is 10.9. The van der Waals surface area contributed by atoms with E-state index in [2.05, 4.69) is 57.8 Å². The van der Waals surface area contributed by atoms with E-state index in [0.29, 0.717) is 9.78 Å². The van der Waals surface area contributed by atoms with Gasteiger partial charge >= 0.3 is 0 Å². The van der Waals surface area contributed by atoms with Gasteiger partial charge in [-0.15, -0.1) is 0 Å². The molecule has 0 spiro atoms. The SMILES string of the molecule is CCC(CC(Br)Br)N(C)C. The topological polar surface area (TPSA) is 3.24 Å². The molecule has 0 radical (unpaired) electrons. The Hall–Kier alpha value is 0.920. The molecule has 0 N–H and O–H groups in total. The summed E-state index contributed by atoms with van der Waals surface area (Å²) in [6.07, 6.45) is 2.37. The van der Waals surface area contributed by atoms with E-state index in [9.17, 15) is 0 Å². The van der Waals surface area contributed by atoms with Gasteiger partial charge in [-0.3, -0.25) is 0 Å². The van der Waals surface area contributed by atoms with E-state index < -0.39 is 0 Å². The lowest BCUT2D eigenvalue weighted by Gasteiger charge is -2.23. The summed E-state index contributed by atoms with van der Waals surface area (Å²) in [5, 5.41) is 0. The van der Waals surface area contributed by atoms with Crippen molar-refractivity contribution in [2.45, 2.75) is 29.5 Å². The number of hydrogen-bond acceptors (Lipinski definition) is 1. The van der Waals surface area contributed by atoms with Crippen LogP contribution in [0.25, 0.3) is 0 Å². The fourth-order valence-corrected chi connectivity index (χ4v) is 1.81. The van der Waals surface area contributed by atoms with Crippen molar-refractivity contribution in [1.82, 2.24) is 4.90 Å². The van der Waals surface area contributed by atoms with Crippen LogP contribution in [-0.4, -0.2) is 28.8 Å². The second-order valence-electron chi connectivity index (χ2n) is 2.65. The van der Waals surface area contributed by atoms with Crippen LogP contribution in [0.1, 0.15) is 19.8 Å². The van der Waals surface area contributed by atoms with Gasteiger partial charge in [-0.1, -0.05) is 38.8 Å². The van der Waals surface area contributed by atoms with Gasteiger partial charge in [0.05, 0.1) is 3.74 Å². The zero-order valence-corrected chi connectivity index (χ0v) is 9.94. The molecule has 1 unspecified atom stereocenters. The fourth-order valence-electron chi connectivity index (χ4n) is 0.948. The average Bonchev–Trinajstić information content (AvgIpc) is 1.81. The standard InChI is InChI=1S/C7H15Br2N/c1-4-6(10(2)3)5-7(8)9/h6-7H,4-5H2,1-3H3. The first-order valence-corrected chi connectivity index (χ1v) is 5.35. The van der Waals surface area contributed by atoms with Crippen molar-refractivity contribution >= 4 is 31.9 Å². The quantitative estimate of drug-likeness (QED) is 0.712. The lowest BCUT2D eigenvalue weighted by molar-refractivity contribution is 0.279. The third kappa shape index (κ3) is 4.69. The molecular weight excluding hydrogens is 258 g/mol. The van der Waals surface area contributed by atoms with Crippen LogP contribution in [0.5, 0.6) is 0 Å². The fraction of sp³-hybridized carbons (Fsp3) is 1.00. The molecule has 0 aromatic rings. The minimum atomic E-state index is 0.451. The largest absolute Gasteiger partial charge is 0.306 e. The first-order chi connectivity index (χ1) is 4.57. The molecule has 0 heterocycles. The molecule has 1 atom stereocenters. The van der Waals surface area contributed by atoms with Crippen molar-refractivity contribution < 1.29 is 0 Å². The zero-order chi connectivity index (χ0) is 8.15. The van der Waals surface area contributed by atoms with E-state index in [-0.39, 0.29) is 0 Å². The van der Waals surface area contributed by atoms with E-state index in [0.717, 1.165) is 6.42 Å². The Morgan fingerprint density at radius 1 is 1.30 bits per heavy atom. The minimum absolute atomic E-state index is 0.451. The molecule has 0 aromatic heterocycles. The maximum atomic E-state index is 3.47. The highest BCUT2D eigenvalue weighted by Gasteiger charge is 2.11. The molecule has 0 aliphatic rings. The molecule has 0 saturated heterocycles. The molecule has 10 heavy (non-hydrogen) atoms. The Labute approximate surface area is 80.4 Å². The second-order valence-corrected chi connectivity index (χ2v) is 6.09. The molecule has 0 saturated carbocycles. The van der Waals surface area contributed by atoms with E-state index >= 15 is 0 Å². The molecule has 0 fully saturated rings. The Kier molecular flexibility index (Phi) is 6.07. The van der Waals surface area contributed by atoms with Crippen LogP contribution < -0.4 is 0 Å². The molecule has 0 aliphatic heterocycles. The van der Waals surface area contributed by atoms with Gasteiger partial charge < -0.3 is 4.90 Å². The number of rotatable bonds is 4. The van der Waals surface area contributed by atoms with Gasteiger partial charge in [-0.25, -0.2) is 0 Å².